The minimum absolute atomic E-state index is 0.0860. The van der Waals surface area contributed by atoms with Crippen LogP contribution in [-0.2, 0) is 14.3 Å². The van der Waals surface area contributed by atoms with Gasteiger partial charge in [0.15, 0.2) is 0 Å². The standard InChI is InChI=1S/C11H18F3NO3S/c1-10(2,3)18-9(17)5-4-8(16)15-6-7-19-11(12,13)14/h4-7H2,1-3H3,(H,15,16). The number of carbonyl (C=O) groups excluding carboxylic acids is 2. The first-order valence-corrected chi connectivity index (χ1v) is 6.67. The van der Waals surface area contributed by atoms with E-state index in [4.69, 9.17) is 4.74 Å². The molecule has 0 rings (SSSR count). The summed E-state index contributed by atoms with van der Waals surface area (Å²) < 4.78 is 40.3. The van der Waals surface area contributed by atoms with Crippen LogP contribution < -0.4 is 5.32 Å². The maximum Gasteiger partial charge on any atom is 0.441 e. The number of rotatable bonds is 6. The van der Waals surface area contributed by atoms with Crippen LogP contribution in [0.2, 0.25) is 0 Å². The highest BCUT2D eigenvalue weighted by Gasteiger charge is 2.27. The molecule has 0 saturated carbocycles. The largest absolute Gasteiger partial charge is 0.460 e. The molecule has 0 radical (unpaired) electrons. The Morgan fingerprint density at radius 2 is 1.74 bits per heavy atom. The third-order valence-corrected chi connectivity index (χ3v) is 2.40. The van der Waals surface area contributed by atoms with Gasteiger partial charge in [-0.05, 0) is 32.5 Å². The SMILES string of the molecule is CC(C)(C)OC(=O)CCC(=O)NCCSC(F)(F)F. The third kappa shape index (κ3) is 13.3. The maximum atomic E-state index is 11.8. The highest BCUT2D eigenvalue weighted by molar-refractivity contribution is 8.00. The second-order valence-corrected chi connectivity index (χ2v) is 5.89. The monoisotopic (exact) mass is 301 g/mol. The normalized spacial score (nSPS) is 12.1. The molecule has 0 aromatic heterocycles. The van der Waals surface area contributed by atoms with E-state index in [1.54, 1.807) is 20.8 Å². The van der Waals surface area contributed by atoms with Crippen molar-refractivity contribution in [1.82, 2.24) is 5.32 Å². The molecule has 0 fully saturated rings. The average Bonchev–Trinajstić information content (AvgIpc) is 2.17. The fourth-order valence-electron chi connectivity index (χ4n) is 1.05. The average molecular weight is 301 g/mol. The van der Waals surface area contributed by atoms with Crippen LogP contribution >= 0.6 is 11.8 Å². The highest BCUT2D eigenvalue weighted by atomic mass is 32.2. The molecule has 0 spiro atoms. The topological polar surface area (TPSA) is 55.4 Å². The van der Waals surface area contributed by atoms with Crippen LogP contribution in [0.3, 0.4) is 0 Å². The molecule has 112 valence electrons. The lowest BCUT2D eigenvalue weighted by Crippen LogP contribution is -2.28. The summed E-state index contributed by atoms with van der Waals surface area (Å²) in [5.41, 5.74) is -4.90. The number of hydrogen-bond acceptors (Lipinski definition) is 4. The van der Waals surface area contributed by atoms with E-state index in [2.05, 4.69) is 5.32 Å². The van der Waals surface area contributed by atoms with E-state index >= 15 is 0 Å². The van der Waals surface area contributed by atoms with Crippen LogP contribution in [-0.4, -0.2) is 35.3 Å². The van der Waals surface area contributed by atoms with Crippen molar-refractivity contribution >= 4 is 23.6 Å². The lowest BCUT2D eigenvalue weighted by Gasteiger charge is -2.19. The van der Waals surface area contributed by atoms with Crippen LogP contribution in [0.25, 0.3) is 0 Å². The number of thioether (sulfide) groups is 1. The summed E-state index contributed by atoms with van der Waals surface area (Å²) in [7, 11) is 0. The van der Waals surface area contributed by atoms with Gasteiger partial charge in [-0.3, -0.25) is 9.59 Å². The van der Waals surface area contributed by atoms with Crippen molar-refractivity contribution in [2.24, 2.45) is 0 Å². The Labute approximate surface area is 114 Å². The number of halogens is 3. The number of carbonyl (C=O) groups is 2. The number of hydrogen-bond donors (Lipinski definition) is 1. The molecule has 0 aliphatic rings. The summed E-state index contributed by atoms with van der Waals surface area (Å²) in [4.78, 5) is 22.5. The predicted octanol–water partition coefficient (Wildman–Crippen LogP) is 2.48. The third-order valence-electron chi connectivity index (χ3n) is 1.67. The van der Waals surface area contributed by atoms with Gasteiger partial charge in [0.1, 0.15) is 5.60 Å². The fraction of sp³-hybridized carbons (Fsp3) is 0.818. The molecule has 0 aromatic rings. The molecule has 0 aliphatic carbocycles. The van der Waals surface area contributed by atoms with Crippen molar-refractivity contribution < 1.29 is 27.5 Å². The van der Waals surface area contributed by atoms with E-state index < -0.39 is 23.0 Å². The first-order valence-electron chi connectivity index (χ1n) is 5.69. The number of esters is 1. The van der Waals surface area contributed by atoms with Gasteiger partial charge in [0.25, 0.3) is 0 Å². The van der Waals surface area contributed by atoms with Gasteiger partial charge in [0.05, 0.1) is 6.42 Å². The molecular weight excluding hydrogens is 283 g/mol. The van der Waals surface area contributed by atoms with E-state index in [0.29, 0.717) is 0 Å². The first kappa shape index (κ1) is 18.1. The molecule has 0 heterocycles. The summed E-state index contributed by atoms with van der Waals surface area (Å²) in [5, 5.41) is 2.31. The molecule has 8 heteroatoms. The Bertz CT molecular complexity index is 313. The number of nitrogens with one attached hydrogen (secondary N) is 1. The number of amides is 1. The van der Waals surface area contributed by atoms with Gasteiger partial charge in [-0.15, -0.1) is 0 Å². The molecule has 1 amide bonds. The Morgan fingerprint density at radius 3 is 2.21 bits per heavy atom. The molecule has 19 heavy (non-hydrogen) atoms. The van der Waals surface area contributed by atoms with Crippen LogP contribution in [0.4, 0.5) is 13.2 Å². The fourth-order valence-corrected chi connectivity index (χ4v) is 1.49. The van der Waals surface area contributed by atoms with Crippen molar-refractivity contribution in [3.63, 3.8) is 0 Å². The minimum Gasteiger partial charge on any atom is -0.460 e. The second kappa shape index (κ2) is 7.62. The molecule has 0 unspecified atom stereocenters. The molecule has 1 N–H and O–H groups in total. The van der Waals surface area contributed by atoms with Gasteiger partial charge in [0.2, 0.25) is 5.91 Å². The second-order valence-electron chi connectivity index (χ2n) is 4.73. The zero-order chi connectivity index (χ0) is 15.1. The lowest BCUT2D eigenvalue weighted by atomic mass is 10.2. The summed E-state index contributed by atoms with van der Waals surface area (Å²) in [6, 6.07) is 0. The van der Waals surface area contributed by atoms with Gasteiger partial charge < -0.3 is 10.1 Å². The van der Waals surface area contributed by atoms with E-state index in [0.717, 1.165) is 0 Å². The van der Waals surface area contributed by atoms with Gasteiger partial charge in [0, 0.05) is 18.7 Å². The smallest absolute Gasteiger partial charge is 0.441 e. The molecule has 0 aliphatic heterocycles. The zero-order valence-corrected chi connectivity index (χ0v) is 11.9. The first-order chi connectivity index (χ1) is 8.49. The van der Waals surface area contributed by atoms with Gasteiger partial charge >= 0.3 is 11.5 Å². The number of ether oxygens (including phenoxy) is 1. The highest BCUT2D eigenvalue weighted by Crippen LogP contribution is 2.29. The summed E-state index contributed by atoms with van der Waals surface area (Å²) in [6.45, 7) is 5.04. The van der Waals surface area contributed by atoms with Crippen LogP contribution in [0.1, 0.15) is 33.6 Å². The van der Waals surface area contributed by atoms with Crippen molar-refractivity contribution in [3.05, 3.63) is 0 Å². The van der Waals surface area contributed by atoms with Gasteiger partial charge in [-0.25, -0.2) is 0 Å². The molecular formula is C11H18F3NO3S. The van der Waals surface area contributed by atoms with Crippen LogP contribution in [0.5, 0.6) is 0 Å². The van der Waals surface area contributed by atoms with Crippen molar-refractivity contribution in [3.8, 4) is 0 Å². The maximum absolute atomic E-state index is 11.8. The van der Waals surface area contributed by atoms with Crippen molar-refractivity contribution in [2.45, 2.75) is 44.7 Å². The Kier molecular flexibility index (Phi) is 7.25. The zero-order valence-electron chi connectivity index (χ0n) is 11.1. The van der Waals surface area contributed by atoms with E-state index in [-0.39, 0.29) is 36.9 Å². The molecule has 4 nitrogen and oxygen atoms in total. The summed E-state index contributed by atoms with van der Waals surface area (Å²) in [6.07, 6.45) is -0.179. The van der Waals surface area contributed by atoms with Crippen molar-refractivity contribution in [2.75, 3.05) is 12.3 Å². The molecule has 0 bridgehead atoms. The predicted molar refractivity (Wildman–Crippen MR) is 66.6 cm³/mol. The van der Waals surface area contributed by atoms with E-state index in [1.807, 2.05) is 0 Å². The Balaban J connectivity index is 3.68. The summed E-state index contributed by atoms with van der Waals surface area (Å²) >= 11 is -0.199. The van der Waals surface area contributed by atoms with Gasteiger partial charge in [-0.1, -0.05) is 0 Å². The lowest BCUT2D eigenvalue weighted by molar-refractivity contribution is -0.155. The molecule has 0 saturated heterocycles. The molecule has 0 atom stereocenters. The summed E-state index contributed by atoms with van der Waals surface area (Å²) in [5.74, 6) is -1.22. The van der Waals surface area contributed by atoms with Gasteiger partial charge in [-0.2, -0.15) is 13.2 Å². The Morgan fingerprint density at radius 1 is 1.16 bits per heavy atom. The minimum atomic E-state index is -4.29. The van der Waals surface area contributed by atoms with Crippen LogP contribution in [0.15, 0.2) is 0 Å². The van der Waals surface area contributed by atoms with E-state index in [1.165, 1.54) is 0 Å². The Hall–Kier alpha value is -0.920. The van der Waals surface area contributed by atoms with Crippen LogP contribution in [0, 0.1) is 0 Å². The van der Waals surface area contributed by atoms with E-state index in [9.17, 15) is 22.8 Å². The van der Waals surface area contributed by atoms with Crippen molar-refractivity contribution in [1.29, 1.82) is 0 Å². The molecule has 0 aromatic carbocycles. The quantitative estimate of drug-likeness (QED) is 0.605. The number of alkyl halides is 3.